The molecule has 0 aromatic carbocycles. The number of carbonyl (C=O) groups is 1. The number of rotatable bonds is 4. The molecule has 0 amide bonds. The fraction of sp³-hybridized carbons (Fsp3) is 0.909. The molecular weight excluding hydrogens is 194 g/mol. The summed E-state index contributed by atoms with van der Waals surface area (Å²) < 4.78 is 5.32. The highest BCUT2D eigenvalue weighted by Gasteiger charge is 2.39. The minimum Gasteiger partial charge on any atom is -0.480 e. The summed E-state index contributed by atoms with van der Waals surface area (Å²) in [5, 5.41) is 12.6. The second-order valence-corrected chi connectivity index (χ2v) is 4.68. The van der Waals surface area contributed by atoms with Crippen molar-refractivity contribution in [1.82, 2.24) is 5.32 Å². The normalized spacial score (nSPS) is 32.3. The van der Waals surface area contributed by atoms with Crippen molar-refractivity contribution in [2.24, 2.45) is 5.92 Å². The van der Waals surface area contributed by atoms with Crippen molar-refractivity contribution in [2.75, 3.05) is 19.8 Å². The first-order chi connectivity index (χ1) is 7.23. The van der Waals surface area contributed by atoms with Gasteiger partial charge in [0.1, 0.15) is 5.54 Å². The SMILES string of the molecule is O=C(O)C1(NCC2CC2)CCCOCC1. The lowest BCUT2D eigenvalue weighted by atomic mass is 9.90. The molecule has 1 aliphatic heterocycles. The lowest BCUT2D eigenvalue weighted by molar-refractivity contribution is -0.145. The highest BCUT2D eigenvalue weighted by atomic mass is 16.5. The molecule has 15 heavy (non-hydrogen) atoms. The van der Waals surface area contributed by atoms with E-state index in [-0.39, 0.29) is 0 Å². The zero-order chi connectivity index (χ0) is 10.7. The fourth-order valence-electron chi connectivity index (χ4n) is 2.08. The minimum atomic E-state index is -0.723. The molecule has 4 nitrogen and oxygen atoms in total. The quantitative estimate of drug-likeness (QED) is 0.731. The van der Waals surface area contributed by atoms with Crippen LogP contribution >= 0.6 is 0 Å². The number of hydrogen-bond donors (Lipinski definition) is 2. The average Bonchev–Trinajstić information content (AvgIpc) is 3.03. The molecule has 2 fully saturated rings. The third-order valence-electron chi connectivity index (χ3n) is 3.40. The van der Waals surface area contributed by atoms with Crippen molar-refractivity contribution in [1.29, 1.82) is 0 Å². The van der Waals surface area contributed by atoms with E-state index in [2.05, 4.69) is 5.32 Å². The summed E-state index contributed by atoms with van der Waals surface area (Å²) in [6, 6.07) is 0. The third-order valence-corrected chi connectivity index (χ3v) is 3.40. The van der Waals surface area contributed by atoms with Gasteiger partial charge in [0.2, 0.25) is 0 Å². The summed E-state index contributed by atoms with van der Waals surface area (Å²) in [5.74, 6) is -0.000883. The van der Waals surface area contributed by atoms with E-state index in [9.17, 15) is 9.90 Å². The van der Waals surface area contributed by atoms with Gasteiger partial charge in [0.15, 0.2) is 0 Å². The second kappa shape index (κ2) is 4.49. The molecule has 2 rings (SSSR count). The molecule has 0 aromatic rings. The molecule has 1 saturated carbocycles. The van der Waals surface area contributed by atoms with Gasteiger partial charge in [-0.1, -0.05) is 0 Å². The smallest absolute Gasteiger partial charge is 0.323 e. The van der Waals surface area contributed by atoms with E-state index in [1.807, 2.05) is 0 Å². The summed E-state index contributed by atoms with van der Waals surface area (Å²) >= 11 is 0. The van der Waals surface area contributed by atoms with Gasteiger partial charge < -0.3 is 15.2 Å². The molecular formula is C11H19NO3. The van der Waals surface area contributed by atoms with E-state index < -0.39 is 11.5 Å². The van der Waals surface area contributed by atoms with E-state index in [1.165, 1.54) is 12.8 Å². The Morgan fingerprint density at radius 2 is 2.20 bits per heavy atom. The molecule has 0 spiro atoms. The van der Waals surface area contributed by atoms with Crippen molar-refractivity contribution in [2.45, 2.75) is 37.6 Å². The molecule has 1 saturated heterocycles. The van der Waals surface area contributed by atoms with E-state index in [0.717, 1.165) is 13.0 Å². The molecule has 0 radical (unpaired) electrons. The topological polar surface area (TPSA) is 58.6 Å². The van der Waals surface area contributed by atoms with Crippen LogP contribution in [0.5, 0.6) is 0 Å². The van der Waals surface area contributed by atoms with E-state index in [0.29, 0.717) is 32.0 Å². The number of carboxylic acid groups (broad SMARTS) is 1. The molecule has 1 heterocycles. The molecule has 4 heteroatoms. The van der Waals surface area contributed by atoms with Crippen LogP contribution in [0.25, 0.3) is 0 Å². The predicted octanol–water partition coefficient (Wildman–Crippen LogP) is 1.01. The highest BCUT2D eigenvalue weighted by Crippen LogP contribution is 2.30. The van der Waals surface area contributed by atoms with Gasteiger partial charge >= 0.3 is 5.97 Å². The van der Waals surface area contributed by atoms with E-state index >= 15 is 0 Å². The summed E-state index contributed by atoms with van der Waals surface area (Å²) in [5.41, 5.74) is -0.723. The van der Waals surface area contributed by atoms with Crippen LogP contribution in [0.1, 0.15) is 32.1 Å². The lowest BCUT2D eigenvalue weighted by Crippen LogP contribution is -2.53. The van der Waals surface area contributed by atoms with Crippen LogP contribution in [-0.2, 0) is 9.53 Å². The van der Waals surface area contributed by atoms with Crippen LogP contribution in [0.3, 0.4) is 0 Å². The Bertz CT molecular complexity index is 230. The van der Waals surface area contributed by atoms with Crippen LogP contribution in [0, 0.1) is 5.92 Å². The maximum Gasteiger partial charge on any atom is 0.323 e. The fourth-order valence-corrected chi connectivity index (χ4v) is 2.08. The van der Waals surface area contributed by atoms with Gasteiger partial charge in [-0.15, -0.1) is 0 Å². The molecule has 1 atom stereocenters. The van der Waals surface area contributed by atoms with Gasteiger partial charge in [0.25, 0.3) is 0 Å². The summed E-state index contributed by atoms with van der Waals surface area (Å²) in [4.78, 5) is 11.3. The summed E-state index contributed by atoms with van der Waals surface area (Å²) in [6.45, 7) is 2.11. The van der Waals surface area contributed by atoms with Crippen LogP contribution < -0.4 is 5.32 Å². The van der Waals surface area contributed by atoms with Crippen molar-refractivity contribution >= 4 is 5.97 Å². The number of ether oxygens (including phenoxy) is 1. The van der Waals surface area contributed by atoms with Gasteiger partial charge in [-0.25, -0.2) is 0 Å². The number of hydrogen-bond acceptors (Lipinski definition) is 3. The zero-order valence-electron chi connectivity index (χ0n) is 9.00. The molecule has 2 aliphatic rings. The second-order valence-electron chi connectivity index (χ2n) is 4.68. The van der Waals surface area contributed by atoms with Crippen LogP contribution in [0.15, 0.2) is 0 Å². The van der Waals surface area contributed by atoms with Crippen molar-refractivity contribution < 1.29 is 14.6 Å². The van der Waals surface area contributed by atoms with Crippen LogP contribution in [0.2, 0.25) is 0 Å². The van der Waals surface area contributed by atoms with Crippen molar-refractivity contribution in [3.05, 3.63) is 0 Å². The van der Waals surface area contributed by atoms with E-state index in [1.54, 1.807) is 0 Å². The summed E-state index contributed by atoms with van der Waals surface area (Å²) in [7, 11) is 0. The Morgan fingerprint density at radius 1 is 1.40 bits per heavy atom. The largest absolute Gasteiger partial charge is 0.480 e. The third kappa shape index (κ3) is 2.69. The van der Waals surface area contributed by atoms with Gasteiger partial charge in [0, 0.05) is 13.2 Å². The molecule has 0 aromatic heterocycles. The van der Waals surface area contributed by atoms with Crippen molar-refractivity contribution in [3.63, 3.8) is 0 Å². The molecule has 0 bridgehead atoms. The van der Waals surface area contributed by atoms with Crippen molar-refractivity contribution in [3.8, 4) is 0 Å². The monoisotopic (exact) mass is 213 g/mol. The maximum absolute atomic E-state index is 11.3. The summed E-state index contributed by atoms with van der Waals surface area (Å²) in [6.07, 6.45) is 4.62. The Balaban J connectivity index is 1.95. The maximum atomic E-state index is 11.3. The Kier molecular flexibility index (Phi) is 3.26. The molecule has 1 unspecified atom stereocenters. The van der Waals surface area contributed by atoms with Gasteiger partial charge in [-0.3, -0.25) is 4.79 Å². The minimum absolute atomic E-state index is 0.559. The first-order valence-electron chi connectivity index (χ1n) is 5.79. The average molecular weight is 213 g/mol. The van der Waals surface area contributed by atoms with Gasteiger partial charge in [-0.05, 0) is 44.6 Å². The van der Waals surface area contributed by atoms with Crippen LogP contribution in [0.4, 0.5) is 0 Å². The molecule has 2 N–H and O–H groups in total. The standard InChI is InChI=1S/C11H19NO3/c13-10(14)11(12-8-9-2-3-9)4-1-6-15-7-5-11/h9,12H,1-8H2,(H,13,14). The number of nitrogens with one attached hydrogen (secondary N) is 1. The Hall–Kier alpha value is -0.610. The number of aliphatic carboxylic acids is 1. The lowest BCUT2D eigenvalue weighted by Gasteiger charge is -2.28. The Labute approximate surface area is 90.0 Å². The van der Waals surface area contributed by atoms with Gasteiger partial charge in [-0.2, -0.15) is 0 Å². The number of carboxylic acids is 1. The zero-order valence-corrected chi connectivity index (χ0v) is 9.00. The predicted molar refractivity (Wildman–Crippen MR) is 55.8 cm³/mol. The highest BCUT2D eigenvalue weighted by molar-refractivity contribution is 5.78. The van der Waals surface area contributed by atoms with Crippen LogP contribution in [-0.4, -0.2) is 36.4 Å². The van der Waals surface area contributed by atoms with E-state index in [4.69, 9.17) is 4.74 Å². The Morgan fingerprint density at radius 3 is 2.87 bits per heavy atom. The molecule has 86 valence electrons. The molecule has 1 aliphatic carbocycles. The first-order valence-corrected chi connectivity index (χ1v) is 5.79. The first kappa shape index (κ1) is 10.9. The van der Waals surface area contributed by atoms with Gasteiger partial charge in [0.05, 0.1) is 0 Å².